The fourth-order valence-corrected chi connectivity index (χ4v) is 2.37. The highest BCUT2D eigenvalue weighted by atomic mass is 16.5. The van der Waals surface area contributed by atoms with Gasteiger partial charge in [-0.05, 0) is 43.2 Å². The maximum Gasteiger partial charge on any atom is 0.327 e. The largest absolute Gasteiger partial charge is 0.468 e. The lowest BCUT2D eigenvalue weighted by Crippen LogP contribution is -2.49. The summed E-state index contributed by atoms with van der Waals surface area (Å²) >= 11 is 0. The Hall–Kier alpha value is -3.15. The van der Waals surface area contributed by atoms with Crippen molar-refractivity contribution >= 4 is 17.8 Å². The molecule has 0 saturated heterocycles. The van der Waals surface area contributed by atoms with Gasteiger partial charge in [-0.2, -0.15) is 0 Å². The van der Waals surface area contributed by atoms with Crippen molar-refractivity contribution in [3.05, 3.63) is 70.8 Å². The Labute approximate surface area is 152 Å². The van der Waals surface area contributed by atoms with Crippen molar-refractivity contribution in [1.82, 2.24) is 10.4 Å². The Morgan fingerprint density at radius 3 is 2.31 bits per heavy atom. The number of nitrogens with zero attached hydrogens (tertiary/aromatic N) is 1. The normalized spacial score (nSPS) is 10.1. The summed E-state index contributed by atoms with van der Waals surface area (Å²) in [5.74, 6) is -1.59. The van der Waals surface area contributed by atoms with Crippen LogP contribution in [-0.2, 0) is 16.0 Å². The molecular weight excluding hydrogens is 332 g/mol. The van der Waals surface area contributed by atoms with Crippen LogP contribution in [-0.4, -0.2) is 36.4 Å². The number of ether oxygens (including phenoxy) is 1. The van der Waals surface area contributed by atoms with Gasteiger partial charge in [0.15, 0.2) is 0 Å². The van der Waals surface area contributed by atoms with E-state index >= 15 is 0 Å². The van der Waals surface area contributed by atoms with Crippen LogP contribution in [0.25, 0.3) is 0 Å². The average Bonchev–Trinajstić information content (AvgIpc) is 2.66. The maximum atomic E-state index is 12.7. The first-order chi connectivity index (χ1) is 12.4. The van der Waals surface area contributed by atoms with Crippen LogP contribution in [0.15, 0.2) is 48.5 Å². The topological polar surface area (TPSA) is 75.7 Å². The molecule has 2 aromatic carbocycles. The van der Waals surface area contributed by atoms with Crippen molar-refractivity contribution in [2.45, 2.75) is 20.3 Å². The van der Waals surface area contributed by atoms with Gasteiger partial charge in [0.25, 0.3) is 11.8 Å². The summed E-state index contributed by atoms with van der Waals surface area (Å²) < 4.78 is 4.63. The van der Waals surface area contributed by atoms with E-state index in [0.717, 1.165) is 22.6 Å². The molecule has 26 heavy (non-hydrogen) atoms. The van der Waals surface area contributed by atoms with Gasteiger partial charge in [-0.1, -0.05) is 36.8 Å². The number of hydrogen-bond donors (Lipinski definition) is 1. The first-order valence-electron chi connectivity index (χ1n) is 8.30. The number of amides is 2. The minimum Gasteiger partial charge on any atom is -0.468 e. The van der Waals surface area contributed by atoms with Crippen LogP contribution in [0.1, 0.15) is 38.8 Å². The van der Waals surface area contributed by atoms with E-state index in [1.165, 1.54) is 7.11 Å². The highest BCUT2D eigenvalue weighted by Gasteiger charge is 2.22. The molecule has 0 bridgehead atoms. The molecule has 2 aromatic rings. The van der Waals surface area contributed by atoms with Crippen LogP contribution in [0.3, 0.4) is 0 Å². The monoisotopic (exact) mass is 354 g/mol. The lowest BCUT2D eigenvalue weighted by Gasteiger charge is -2.22. The number of carbonyl (C=O) groups is 3. The molecule has 6 nitrogen and oxygen atoms in total. The molecule has 0 heterocycles. The van der Waals surface area contributed by atoms with E-state index in [1.807, 2.05) is 32.0 Å². The number of hydrazine groups is 1. The van der Waals surface area contributed by atoms with Gasteiger partial charge < -0.3 is 4.74 Å². The SMILES string of the molecule is CCc1ccc(C(=O)N(CC(=O)OC)NC(=O)c2cccc(C)c2)cc1. The van der Waals surface area contributed by atoms with Gasteiger partial charge in [0.05, 0.1) is 7.11 Å². The van der Waals surface area contributed by atoms with Crippen molar-refractivity contribution < 1.29 is 19.1 Å². The molecule has 0 spiro atoms. The second-order valence-corrected chi connectivity index (χ2v) is 5.83. The van der Waals surface area contributed by atoms with E-state index < -0.39 is 17.8 Å². The Morgan fingerprint density at radius 2 is 1.73 bits per heavy atom. The van der Waals surface area contributed by atoms with Crippen LogP contribution in [0.5, 0.6) is 0 Å². The van der Waals surface area contributed by atoms with E-state index in [1.54, 1.807) is 30.3 Å². The number of nitrogens with one attached hydrogen (secondary N) is 1. The molecule has 0 aliphatic heterocycles. The lowest BCUT2D eigenvalue weighted by atomic mass is 10.1. The van der Waals surface area contributed by atoms with E-state index in [4.69, 9.17) is 0 Å². The summed E-state index contributed by atoms with van der Waals surface area (Å²) in [7, 11) is 1.23. The smallest absolute Gasteiger partial charge is 0.327 e. The first-order valence-corrected chi connectivity index (χ1v) is 8.30. The quantitative estimate of drug-likeness (QED) is 0.661. The van der Waals surface area contributed by atoms with E-state index in [-0.39, 0.29) is 6.54 Å². The Morgan fingerprint density at radius 1 is 1.04 bits per heavy atom. The second kappa shape index (κ2) is 8.80. The van der Waals surface area contributed by atoms with Crippen molar-refractivity contribution in [2.75, 3.05) is 13.7 Å². The van der Waals surface area contributed by atoms with E-state index in [9.17, 15) is 14.4 Å². The molecule has 1 N–H and O–H groups in total. The van der Waals surface area contributed by atoms with Crippen LogP contribution in [0.4, 0.5) is 0 Å². The zero-order valence-electron chi connectivity index (χ0n) is 15.1. The minimum absolute atomic E-state index is 0.371. The molecule has 0 radical (unpaired) electrons. The zero-order chi connectivity index (χ0) is 19.1. The number of benzene rings is 2. The summed E-state index contributed by atoms with van der Waals surface area (Å²) in [6, 6.07) is 14.0. The fourth-order valence-electron chi connectivity index (χ4n) is 2.37. The van der Waals surface area contributed by atoms with Crippen LogP contribution >= 0.6 is 0 Å². The number of aryl methyl sites for hydroxylation is 2. The molecule has 6 heteroatoms. The van der Waals surface area contributed by atoms with Gasteiger partial charge in [0.2, 0.25) is 0 Å². The van der Waals surface area contributed by atoms with Gasteiger partial charge in [-0.25, -0.2) is 5.01 Å². The van der Waals surface area contributed by atoms with E-state index in [2.05, 4.69) is 10.2 Å². The molecule has 0 fully saturated rings. The Kier molecular flexibility index (Phi) is 6.49. The van der Waals surface area contributed by atoms with Gasteiger partial charge in [-0.15, -0.1) is 0 Å². The van der Waals surface area contributed by atoms with Crippen molar-refractivity contribution in [2.24, 2.45) is 0 Å². The van der Waals surface area contributed by atoms with E-state index in [0.29, 0.717) is 11.1 Å². The predicted molar refractivity (Wildman–Crippen MR) is 97.5 cm³/mol. The van der Waals surface area contributed by atoms with Gasteiger partial charge in [-0.3, -0.25) is 19.8 Å². The second-order valence-electron chi connectivity index (χ2n) is 5.83. The van der Waals surface area contributed by atoms with Crippen molar-refractivity contribution in [3.63, 3.8) is 0 Å². The standard InChI is InChI=1S/C20H22N2O4/c1-4-15-8-10-16(11-9-15)20(25)22(13-18(23)26-3)21-19(24)17-7-5-6-14(2)12-17/h5-12H,4,13H2,1-3H3,(H,21,24). The van der Waals surface area contributed by atoms with Crippen molar-refractivity contribution in [3.8, 4) is 0 Å². The zero-order valence-corrected chi connectivity index (χ0v) is 15.1. The summed E-state index contributed by atoms with van der Waals surface area (Å²) in [6.07, 6.45) is 0.852. The van der Waals surface area contributed by atoms with Crippen LogP contribution in [0, 0.1) is 6.92 Å². The molecule has 2 amide bonds. The third kappa shape index (κ3) is 4.92. The first kappa shape index (κ1) is 19.2. The Balaban J connectivity index is 2.22. The molecule has 0 atom stereocenters. The number of carbonyl (C=O) groups excluding carboxylic acids is 3. The average molecular weight is 354 g/mol. The van der Waals surface area contributed by atoms with Crippen LogP contribution < -0.4 is 5.43 Å². The molecule has 0 aliphatic rings. The third-order valence-corrected chi connectivity index (χ3v) is 3.89. The molecule has 0 unspecified atom stereocenters. The number of rotatable bonds is 5. The fraction of sp³-hybridized carbons (Fsp3) is 0.250. The van der Waals surface area contributed by atoms with Crippen molar-refractivity contribution in [1.29, 1.82) is 0 Å². The molecule has 0 saturated carbocycles. The summed E-state index contributed by atoms with van der Waals surface area (Å²) in [5, 5.41) is 0.970. The highest BCUT2D eigenvalue weighted by Crippen LogP contribution is 2.09. The summed E-state index contributed by atoms with van der Waals surface area (Å²) in [4.78, 5) is 36.9. The number of methoxy groups -OCH3 is 1. The maximum absolute atomic E-state index is 12.7. The lowest BCUT2D eigenvalue weighted by molar-refractivity contribution is -0.141. The molecule has 0 aliphatic carbocycles. The number of hydrogen-bond acceptors (Lipinski definition) is 4. The minimum atomic E-state index is -0.631. The summed E-state index contributed by atoms with van der Waals surface area (Å²) in [5.41, 5.74) is 5.27. The molecule has 136 valence electrons. The van der Waals surface area contributed by atoms with Crippen LogP contribution in [0.2, 0.25) is 0 Å². The Bertz CT molecular complexity index is 800. The van der Waals surface area contributed by atoms with Gasteiger partial charge in [0.1, 0.15) is 6.54 Å². The number of esters is 1. The molecule has 0 aromatic heterocycles. The predicted octanol–water partition coefficient (Wildman–Crippen LogP) is 2.52. The summed E-state index contributed by atoms with van der Waals surface area (Å²) in [6.45, 7) is 3.49. The third-order valence-electron chi connectivity index (χ3n) is 3.89. The molecular formula is C20H22N2O4. The highest BCUT2D eigenvalue weighted by molar-refractivity contribution is 6.00. The molecule has 2 rings (SSSR count). The van der Waals surface area contributed by atoms with Gasteiger partial charge in [0, 0.05) is 11.1 Å². The van der Waals surface area contributed by atoms with Gasteiger partial charge >= 0.3 is 5.97 Å².